The fourth-order valence-corrected chi connectivity index (χ4v) is 4.20. The Labute approximate surface area is 180 Å². The van der Waals surface area contributed by atoms with Crippen molar-refractivity contribution in [1.82, 2.24) is 0 Å². The number of anilines is 1. The normalized spacial score (nSPS) is 20.7. The highest BCUT2D eigenvalue weighted by molar-refractivity contribution is 6.14. The Balaban J connectivity index is 1.64. The van der Waals surface area contributed by atoms with Gasteiger partial charge in [0.1, 0.15) is 12.3 Å². The molecule has 0 atom stereocenters. The molecule has 4 rings (SSSR count). The van der Waals surface area contributed by atoms with Crippen LogP contribution in [0.4, 0.5) is 5.69 Å². The van der Waals surface area contributed by atoms with Crippen LogP contribution in [0.25, 0.3) is 6.08 Å². The Kier molecular flexibility index (Phi) is 5.63. The highest BCUT2D eigenvalue weighted by atomic mass is 16.6. The molecule has 3 heteroatoms. The van der Waals surface area contributed by atoms with Crippen LogP contribution < -0.4 is 4.90 Å². The van der Waals surface area contributed by atoms with E-state index in [0.717, 1.165) is 24.1 Å². The van der Waals surface area contributed by atoms with Gasteiger partial charge in [0.25, 0.3) is 0 Å². The first-order chi connectivity index (χ1) is 14.4. The van der Waals surface area contributed by atoms with Gasteiger partial charge in [-0.25, -0.2) is 0 Å². The van der Waals surface area contributed by atoms with E-state index >= 15 is 0 Å². The van der Waals surface area contributed by atoms with Crippen LogP contribution in [0.5, 0.6) is 0 Å². The van der Waals surface area contributed by atoms with Crippen molar-refractivity contribution in [3.05, 3.63) is 94.6 Å². The van der Waals surface area contributed by atoms with E-state index in [1.807, 2.05) is 6.07 Å². The van der Waals surface area contributed by atoms with Crippen LogP contribution in [0.2, 0.25) is 0 Å². The highest BCUT2D eigenvalue weighted by Crippen LogP contribution is 2.40. The van der Waals surface area contributed by atoms with Gasteiger partial charge in [0.15, 0.2) is 0 Å². The topological polar surface area (TPSA) is 24.8 Å². The molecule has 0 N–H and O–H groups in total. The molecular weight excluding hydrogens is 368 g/mol. The number of oxime groups is 1. The third kappa shape index (κ3) is 4.56. The summed E-state index contributed by atoms with van der Waals surface area (Å²) in [7, 11) is 4.13. The first-order valence-electron chi connectivity index (χ1n) is 10.6. The van der Waals surface area contributed by atoms with Crippen LogP contribution in [-0.2, 0) is 4.84 Å². The Hall–Kier alpha value is -3.07. The second kappa shape index (κ2) is 8.35. The van der Waals surface area contributed by atoms with Crippen molar-refractivity contribution in [2.45, 2.75) is 26.7 Å². The predicted molar refractivity (Wildman–Crippen MR) is 127 cm³/mol. The molecule has 0 spiro atoms. The average Bonchev–Trinajstić information content (AvgIpc) is 3.22. The number of allylic oxidation sites excluding steroid dienone is 4. The maximum Gasteiger partial charge on any atom is 0.144 e. The number of rotatable bonds is 4. The van der Waals surface area contributed by atoms with E-state index in [-0.39, 0.29) is 5.41 Å². The average molecular weight is 399 g/mol. The minimum absolute atomic E-state index is 0.204. The van der Waals surface area contributed by atoms with E-state index < -0.39 is 0 Å². The summed E-state index contributed by atoms with van der Waals surface area (Å²) < 4.78 is 0. The van der Waals surface area contributed by atoms with E-state index in [2.05, 4.69) is 105 Å². The van der Waals surface area contributed by atoms with Crippen LogP contribution in [0.3, 0.4) is 0 Å². The molecule has 0 bridgehead atoms. The zero-order valence-electron chi connectivity index (χ0n) is 18.4. The third-order valence-corrected chi connectivity index (χ3v) is 5.70. The lowest BCUT2D eigenvalue weighted by molar-refractivity contribution is 0.186. The highest BCUT2D eigenvalue weighted by Gasteiger charge is 2.29. The molecule has 0 fully saturated rings. The molecule has 154 valence electrons. The number of hydrogen-bond acceptors (Lipinski definition) is 3. The second-order valence-electron chi connectivity index (χ2n) is 9.14. The molecule has 0 aromatic heterocycles. The summed E-state index contributed by atoms with van der Waals surface area (Å²) in [5.41, 5.74) is 8.64. The van der Waals surface area contributed by atoms with E-state index in [9.17, 15) is 0 Å². The van der Waals surface area contributed by atoms with Gasteiger partial charge in [-0.05, 0) is 47.1 Å². The van der Waals surface area contributed by atoms with Crippen molar-refractivity contribution >= 4 is 17.5 Å². The SMILES string of the molecule is CN(C)c1ccc(/C=C/C2=CC(=C3\CON=C3c3ccccc3)/CC(C)(C)C2)cc1. The fourth-order valence-electron chi connectivity index (χ4n) is 4.20. The molecular formula is C27H30N2O. The van der Waals surface area contributed by atoms with Crippen LogP contribution in [0, 0.1) is 5.41 Å². The van der Waals surface area contributed by atoms with Gasteiger partial charge in [-0.2, -0.15) is 0 Å². The van der Waals surface area contributed by atoms with Crippen LogP contribution in [0.15, 0.2) is 88.6 Å². The van der Waals surface area contributed by atoms with Gasteiger partial charge in [0.05, 0.1) is 0 Å². The lowest BCUT2D eigenvalue weighted by Gasteiger charge is -2.31. The van der Waals surface area contributed by atoms with Crippen LogP contribution >= 0.6 is 0 Å². The van der Waals surface area contributed by atoms with Crippen molar-refractivity contribution < 1.29 is 4.84 Å². The summed E-state index contributed by atoms with van der Waals surface area (Å²) in [5.74, 6) is 0. The lowest BCUT2D eigenvalue weighted by Crippen LogP contribution is -2.19. The van der Waals surface area contributed by atoms with E-state index in [4.69, 9.17) is 4.84 Å². The Morgan fingerprint density at radius 1 is 0.933 bits per heavy atom. The minimum Gasteiger partial charge on any atom is -0.390 e. The Bertz CT molecular complexity index is 1020. The fraction of sp³-hybridized carbons (Fsp3) is 0.296. The third-order valence-electron chi connectivity index (χ3n) is 5.70. The largest absolute Gasteiger partial charge is 0.390 e. The van der Waals surface area contributed by atoms with Gasteiger partial charge < -0.3 is 9.74 Å². The molecule has 0 amide bonds. The molecule has 0 unspecified atom stereocenters. The summed E-state index contributed by atoms with van der Waals surface area (Å²) in [6, 6.07) is 19.0. The van der Waals surface area contributed by atoms with Crippen molar-refractivity contribution in [2.24, 2.45) is 10.6 Å². The monoisotopic (exact) mass is 398 g/mol. The maximum atomic E-state index is 5.52. The molecule has 0 saturated carbocycles. The standard InChI is InChI=1S/C27H30N2O/c1-27(2)17-21(11-10-20-12-14-24(15-13-20)29(3)4)16-23(18-27)25-19-30-28-26(25)22-8-6-5-7-9-22/h5-16H,17-19H2,1-4H3/b11-10+,25-23-. The van der Waals surface area contributed by atoms with Crippen molar-refractivity contribution in [3.63, 3.8) is 0 Å². The predicted octanol–water partition coefficient (Wildman–Crippen LogP) is 6.24. The van der Waals surface area contributed by atoms with Crippen molar-refractivity contribution in [2.75, 3.05) is 25.6 Å². The van der Waals surface area contributed by atoms with Gasteiger partial charge in [-0.3, -0.25) is 0 Å². The Morgan fingerprint density at radius 3 is 2.37 bits per heavy atom. The molecule has 2 aromatic carbocycles. The zero-order valence-corrected chi connectivity index (χ0v) is 18.4. The summed E-state index contributed by atoms with van der Waals surface area (Å²) in [4.78, 5) is 7.64. The van der Waals surface area contributed by atoms with Crippen LogP contribution in [-0.4, -0.2) is 26.4 Å². The molecule has 0 radical (unpaired) electrons. The van der Waals surface area contributed by atoms with Gasteiger partial charge in [-0.15, -0.1) is 0 Å². The molecule has 0 saturated heterocycles. The quantitative estimate of drug-likeness (QED) is 0.609. The molecule has 1 aliphatic heterocycles. The second-order valence-corrected chi connectivity index (χ2v) is 9.14. The zero-order chi connectivity index (χ0) is 21.1. The van der Waals surface area contributed by atoms with Gasteiger partial charge in [-0.1, -0.05) is 79.7 Å². The van der Waals surface area contributed by atoms with Crippen molar-refractivity contribution in [1.29, 1.82) is 0 Å². The van der Waals surface area contributed by atoms with Crippen LogP contribution in [0.1, 0.15) is 37.8 Å². The summed E-state index contributed by atoms with van der Waals surface area (Å²) in [5, 5.41) is 4.36. The molecule has 3 nitrogen and oxygen atoms in total. The van der Waals surface area contributed by atoms with E-state index in [1.165, 1.54) is 28.0 Å². The van der Waals surface area contributed by atoms with E-state index in [1.54, 1.807) is 0 Å². The smallest absolute Gasteiger partial charge is 0.144 e. The Morgan fingerprint density at radius 2 is 1.67 bits per heavy atom. The van der Waals surface area contributed by atoms with E-state index in [0.29, 0.717) is 6.61 Å². The maximum absolute atomic E-state index is 5.52. The molecule has 1 aliphatic carbocycles. The summed E-state index contributed by atoms with van der Waals surface area (Å²) >= 11 is 0. The van der Waals surface area contributed by atoms with Gasteiger partial charge in [0.2, 0.25) is 0 Å². The summed E-state index contributed by atoms with van der Waals surface area (Å²) in [6.45, 7) is 5.24. The first kappa shape index (κ1) is 20.2. The molecule has 2 aliphatic rings. The number of nitrogens with zero attached hydrogens (tertiary/aromatic N) is 2. The first-order valence-corrected chi connectivity index (χ1v) is 10.6. The van der Waals surface area contributed by atoms with Gasteiger partial charge in [0, 0.05) is 30.9 Å². The molecule has 30 heavy (non-hydrogen) atoms. The van der Waals surface area contributed by atoms with Crippen molar-refractivity contribution in [3.8, 4) is 0 Å². The number of hydrogen-bond donors (Lipinski definition) is 0. The molecule has 1 heterocycles. The lowest BCUT2D eigenvalue weighted by atomic mass is 9.73. The minimum atomic E-state index is 0.204. The summed E-state index contributed by atoms with van der Waals surface area (Å²) in [6.07, 6.45) is 8.92. The number of benzene rings is 2. The molecule has 2 aromatic rings. The van der Waals surface area contributed by atoms with Gasteiger partial charge >= 0.3 is 0 Å².